The monoisotopic (exact) mass is 268 g/mol. The first kappa shape index (κ1) is 13.2. The van der Waals surface area contributed by atoms with Crippen molar-refractivity contribution in [3.05, 3.63) is 65.7 Å². The quantitative estimate of drug-likeness (QED) is 0.788. The summed E-state index contributed by atoms with van der Waals surface area (Å²) in [6.45, 7) is 1.54. The summed E-state index contributed by atoms with van der Waals surface area (Å²) in [7, 11) is 1.68. The number of methoxy groups -OCH3 is 1. The Kier molecular flexibility index (Phi) is 4.03. The molecule has 0 spiro atoms. The summed E-state index contributed by atoms with van der Waals surface area (Å²) < 4.78 is 11.0. The van der Waals surface area contributed by atoms with Crippen LogP contribution in [0, 0.1) is 5.92 Å². The van der Waals surface area contributed by atoms with Crippen molar-refractivity contribution >= 4 is 0 Å². The molecule has 0 aliphatic heterocycles. The van der Waals surface area contributed by atoms with Gasteiger partial charge in [-0.15, -0.1) is 0 Å². The first-order chi connectivity index (χ1) is 9.86. The molecule has 2 aromatic carbocycles. The number of benzene rings is 2. The molecule has 2 aromatic rings. The fourth-order valence-corrected chi connectivity index (χ4v) is 2.59. The Balaban J connectivity index is 1.43. The molecule has 0 heterocycles. The Morgan fingerprint density at radius 3 is 2.45 bits per heavy atom. The minimum atomic E-state index is 0.683. The Bertz CT molecular complexity index is 533. The molecule has 0 amide bonds. The van der Waals surface area contributed by atoms with Gasteiger partial charge in [-0.2, -0.15) is 0 Å². The van der Waals surface area contributed by atoms with Crippen molar-refractivity contribution in [2.75, 3.05) is 13.7 Å². The van der Waals surface area contributed by atoms with Crippen molar-refractivity contribution in [3.8, 4) is 5.75 Å². The van der Waals surface area contributed by atoms with Crippen LogP contribution in [-0.2, 0) is 11.3 Å². The Morgan fingerprint density at radius 2 is 1.75 bits per heavy atom. The molecular formula is C18H20O2. The smallest absolute Gasteiger partial charge is 0.118 e. The summed E-state index contributed by atoms with van der Waals surface area (Å²) in [4.78, 5) is 0. The van der Waals surface area contributed by atoms with E-state index in [1.165, 1.54) is 17.5 Å². The molecule has 0 saturated heterocycles. The second-order valence-electron chi connectivity index (χ2n) is 5.38. The summed E-state index contributed by atoms with van der Waals surface area (Å²) in [5, 5.41) is 0. The molecule has 3 rings (SSSR count). The van der Waals surface area contributed by atoms with Crippen LogP contribution < -0.4 is 4.74 Å². The van der Waals surface area contributed by atoms with Gasteiger partial charge in [0.2, 0.25) is 0 Å². The molecule has 2 nitrogen and oxygen atoms in total. The van der Waals surface area contributed by atoms with Gasteiger partial charge in [0, 0.05) is 0 Å². The molecular weight excluding hydrogens is 248 g/mol. The van der Waals surface area contributed by atoms with Gasteiger partial charge in [-0.3, -0.25) is 0 Å². The highest BCUT2D eigenvalue weighted by Crippen LogP contribution is 2.47. The Morgan fingerprint density at radius 1 is 1.00 bits per heavy atom. The van der Waals surface area contributed by atoms with E-state index in [1.807, 2.05) is 12.1 Å². The summed E-state index contributed by atoms with van der Waals surface area (Å²) in [5.74, 6) is 2.28. The minimum Gasteiger partial charge on any atom is -0.497 e. The van der Waals surface area contributed by atoms with Crippen molar-refractivity contribution in [1.82, 2.24) is 0 Å². The zero-order chi connectivity index (χ0) is 13.8. The van der Waals surface area contributed by atoms with Gasteiger partial charge in [0.15, 0.2) is 0 Å². The Labute approximate surface area is 120 Å². The second-order valence-corrected chi connectivity index (χ2v) is 5.38. The zero-order valence-electron chi connectivity index (χ0n) is 11.8. The van der Waals surface area contributed by atoms with Gasteiger partial charge >= 0.3 is 0 Å². The van der Waals surface area contributed by atoms with Crippen LogP contribution in [-0.4, -0.2) is 13.7 Å². The molecule has 0 aromatic heterocycles. The standard InChI is InChI=1S/C18H20O2/c1-19-17-9-7-14(8-10-17)12-20-13-16-11-18(16)15-5-3-2-4-6-15/h2-10,16,18H,11-13H2,1H3/t16-,18-/m0/s1. The predicted octanol–water partition coefficient (Wildman–Crippen LogP) is 4.02. The van der Waals surface area contributed by atoms with Crippen molar-refractivity contribution < 1.29 is 9.47 Å². The average Bonchev–Trinajstić information content (AvgIpc) is 3.28. The van der Waals surface area contributed by atoms with E-state index in [2.05, 4.69) is 42.5 Å². The fourth-order valence-electron chi connectivity index (χ4n) is 2.59. The van der Waals surface area contributed by atoms with Crippen molar-refractivity contribution in [2.24, 2.45) is 5.92 Å². The molecule has 1 saturated carbocycles. The number of ether oxygens (including phenoxy) is 2. The highest BCUT2D eigenvalue weighted by molar-refractivity contribution is 5.27. The third kappa shape index (κ3) is 3.20. The second kappa shape index (κ2) is 6.10. The Hall–Kier alpha value is -1.80. The lowest BCUT2D eigenvalue weighted by atomic mass is 10.1. The van der Waals surface area contributed by atoms with E-state index >= 15 is 0 Å². The van der Waals surface area contributed by atoms with Crippen molar-refractivity contribution in [2.45, 2.75) is 18.9 Å². The maximum Gasteiger partial charge on any atom is 0.118 e. The van der Waals surface area contributed by atoms with Gasteiger partial charge in [-0.1, -0.05) is 42.5 Å². The fraction of sp³-hybridized carbons (Fsp3) is 0.333. The SMILES string of the molecule is COc1ccc(COC[C@@H]2C[C@H]2c2ccccc2)cc1. The number of hydrogen-bond acceptors (Lipinski definition) is 2. The summed E-state index contributed by atoms with van der Waals surface area (Å²) in [6, 6.07) is 18.8. The van der Waals surface area contributed by atoms with E-state index in [4.69, 9.17) is 9.47 Å². The van der Waals surface area contributed by atoms with E-state index in [-0.39, 0.29) is 0 Å². The van der Waals surface area contributed by atoms with E-state index in [1.54, 1.807) is 7.11 Å². The van der Waals surface area contributed by atoms with E-state index in [0.717, 1.165) is 12.4 Å². The highest BCUT2D eigenvalue weighted by Gasteiger charge is 2.37. The van der Waals surface area contributed by atoms with Crippen LogP contribution in [0.3, 0.4) is 0 Å². The van der Waals surface area contributed by atoms with E-state index < -0.39 is 0 Å². The van der Waals surface area contributed by atoms with Crippen LogP contribution in [0.15, 0.2) is 54.6 Å². The van der Waals surface area contributed by atoms with Gasteiger partial charge in [0.25, 0.3) is 0 Å². The number of hydrogen-bond donors (Lipinski definition) is 0. The predicted molar refractivity (Wildman–Crippen MR) is 79.9 cm³/mol. The first-order valence-corrected chi connectivity index (χ1v) is 7.12. The highest BCUT2D eigenvalue weighted by atomic mass is 16.5. The molecule has 1 aliphatic rings. The van der Waals surface area contributed by atoms with Gasteiger partial charge in [0.05, 0.1) is 20.3 Å². The van der Waals surface area contributed by atoms with Gasteiger partial charge in [-0.25, -0.2) is 0 Å². The maximum absolute atomic E-state index is 5.83. The number of rotatable bonds is 6. The molecule has 0 unspecified atom stereocenters. The lowest BCUT2D eigenvalue weighted by Crippen LogP contribution is -1.98. The summed E-state index contributed by atoms with van der Waals surface area (Å²) >= 11 is 0. The lowest BCUT2D eigenvalue weighted by Gasteiger charge is -2.05. The third-order valence-corrected chi connectivity index (χ3v) is 3.91. The van der Waals surface area contributed by atoms with Crippen LogP contribution in [0.1, 0.15) is 23.5 Å². The first-order valence-electron chi connectivity index (χ1n) is 7.12. The average molecular weight is 268 g/mol. The maximum atomic E-state index is 5.83. The topological polar surface area (TPSA) is 18.5 Å². The largest absolute Gasteiger partial charge is 0.497 e. The van der Waals surface area contributed by atoms with Gasteiger partial charge < -0.3 is 9.47 Å². The van der Waals surface area contributed by atoms with Crippen molar-refractivity contribution in [3.63, 3.8) is 0 Å². The van der Waals surface area contributed by atoms with E-state index in [0.29, 0.717) is 18.4 Å². The minimum absolute atomic E-state index is 0.683. The van der Waals surface area contributed by atoms with Crippen LogP contribution in [0.4, 0.5) is 0 Å². The molecule has 2 heteroatoms. The third-order valence-electron chi connectivity index (χ3n) is 3.91. The van der Waals surface area contributed by atoms with E-state index in [9.17, 15) is 0 Å². The summed E-state index contributed by atoms with van der Waals surface area (Å²) in [5.41, 5.74) is 2.65. The molecule has 2 atom stereocenters. The van der Waals surface area contributed by atoms with Crippen LogP contribution in [0.2, 0.25) is 0 Å². The molecule has 104 valence electrons. The van der Waals surface area contributed by atoms with Gasteiger partial charge in [0.1, 0.15) is 5.75 Å². The zero-order valence-corrected chi connectivity index (χ0v) is 11.8. The molecule has 1 aliphatic carbocycles. The van der Waals surface area contributed by atoms with Gasteiger partial charge in [-0.05, 0) is 41.5 Å². The lowest BCUT2D eigenvalue weighted by molar-refractivity contribution is 0.110. The molecule has 20 heavy (non-hydrogen) atoms. The molecule has 0 bridgehead atoms. The normalized spacial score (nSPS) is 20.6. The van der Waals surface area contributed by atoms with Crippen molar-refractivity contribution in [1.29, 1.82) is 0 Å². The molecule has 0 radical (unpaired) electrons. The van der Waals surface area contributed by atoms with Crippen LogP contribution in [0.5, 0.6) is 5.75 Å². The molecule has 1 fully saturated rings. The van der Waals surface area contributed by atoms with Crippen LogP contribution >= 0.6 is 0 Å². The van der Waals surface area contributed by atoms with Crippen LogP contribution in [0.25, 0.3) is 0 Å². The molecule has 0 N–H and O–H groups in total. The summed E-state index contributed by atoms with van der Waals surface area (Å²) in [6.07, 6.45) is 1.26.